The monoisotopic (exact) mass is 435 g/mol. The highest BCUT2D eigenvalue weighted by atomic mass is 16.5. The molecule has 32 heavy (non-hydrogen) atoms. The highest BCUT2D eigenvalue weighted by molar-refractivity contribution is 6.47. The molecular weight excluding hydrogens is 406 g/mol. The number of carbonyl (C=O) groups excluding carboxylic acids is 2. The Balaban J connectivity index is 1.59. The molecule has 1 N–H and O–H groups in total. The molecule has 7 heteroatoms. The van der Waals surface area contributed by atoms with Crippen LogP contribution >= 0.6 is 0 Å². The average Bonchev–Trinajstić information content (AvgIpc) is 3.05. The molecule has 0 radical (unpaired) electrons. The number of carbonyl (C=O) groups is 2. The summed E-state index contributed by atoms with van der Waals surface area (Å²) in [5, 5.41) is 2.92. The molecule has 7 nitrogen and oxygen atoms in total. The minimum absolute atomic E-state index is 0.0565. The molecule has 0 bridgehead atoms. The van der Waals surface area contributed by atoms with Crippen LogP contribution in [0.3, 0.4) is 0 Å². The Hall–Kier alpha value is -3.35. The van der Waals surface area contributed by atoms with Gasteiger partial charge in [-0.1, -0.05) is 12.5 Å². The highest BCUT2D eigenvalue weighted by Gasteiger charge is 2.48. The summed E-state index contributed by atoms with van der Waals surface area (Å²) < 4.78 is 10.6. The van der Waals surface area contributed by atoms with E-state index in [0.717, 1.165) is 49.0 Å². The fourth-order valence-corrected chi connectivity index (χ4v) is 4.54. The SMILES string of the molecule is COc1ccc(C2=NC3(CCCCC3)N(CC(=O)Nc3cc(C)ccc3OC)C2=O)cc1. The van der Waals surface area contributed by atoms with Gasteiger partial charge in [-0.3, -0.25) is 14.6 Å². The molecule has 1 spiro atoms. The summed E-state index contributed by atoms with van der Waals surface area (Å²) >= 11 is 0. The second-order valence-electron chi connectivity index (χ2n) is 8.38. The Kier molecular flexibility index (Phi) is 6.17. The lowest BCUT2D eigenvalue weighted by Gasteiger charge is -2.38. The number of aliphatic imine (C=N–C) groups is 1. The van der Waals surface area contributed by atoms with Crippen LogP contribution < -0.4 is 14.8 Å². The number of nitrogens with one attached hydrogen (secondary N) is 1. The van der Waals surface area contributed by atoms with Crippen LogP contribution in [0.25, 0.3) is 0 Å². The van der Waals surface area contributed by atoms with E-state index in [1.54, 1.807) is 19.1 Å². The van der Waals surface area contributed by atoms with Crippen LogP contribution in [0.1, 0.15) is 43.2 Å². The van der Waals surface area contributed by atoms with Gasteiger partial charge in [0.25, 0.3) is 5.91 Å². The van der Waals surface area contributed by atoms with Crippen molar-refractivity contribution in [1.29, 1.82) is 0 Å². The van der Waals surface area contributed by atoms with Crippen molar-refractivity contribution < 1.29 is 19.1 Å². The van der Waals surface area contributed by atoms with Gasteiger partial charge in [-0.25, -0.2) is 0 Å². The summed E-state index contributed by atoms with van der Waals surface area (Å²) in [5.41, 5.74) is 2.10. The van der Waals surface area contributed by atoms with E-state index in [1.807, 2.05) is 49.4 Å². The van der Waals surface area contributed by atoms with Crippen molar-refractivity contribution in [3.05, 3.63) is 53.6 Å². The number of anilines is 1. The van der Waals surface area contributed by atoms with Crippen molar-refractivity contribution in [3.8, 4) is 11.5 Å². The van der Waals surface area contributed by atoms with Crippen molar-refractivity contribution in [2.45, 2.75) is 44.7 Å². The summed E-state index contributed by atoms with van der Waals surface area (Å²) in [5.74, 6) is 0.830. The molecule has 0 saturated heterocycles. The number of benzene rings is 2. The maximum atomic E-state index is 13.5. The van der Waals surface area contributed by atoms with Gasteiger partial charge >= 0.3 is 0 Å². The Morgan fingerprint density at radius 1 is 1.06 bits per heavy atom. The van der Waals surface area contributed by atoms with Crippen molar-refractivity contribution in [3.63, 3.8) is 0 Å². The number of methoxy groups -OCH3 is 2. The van der Waals surface area contributed by atoms with E-state index in [9.17, 15) is 9.59 Å². The number of hydrogen-bond donors (Lipinski definition) is 1. The normalized spacial score (nSPS) is 17.3. The fourth-order valence-electron chi connectivity index (χ4n) is 4.54. The molecule has 1 aliphatic heterocycles. The van der Waals surface area contributed by atoms with Gasteiger partial charge in [0.05, 0.1) is 19.9 Å². The lowest BCUT2D eigenvalue weighted by Crippen LogP contribution is -2.51. The van der Waals surface area contributed by atoms with E-state index in [0.29, 0.717) is 17.1 Å². The van der Waals surface area contributed by atoms with Crippen LogP contribution in [-0.2, 0) is 9.59 Å². The van der Waals surface area contributed by atoms with Crippen LogP contribution in [0.2, 0.25) is 0 Å². The minimum atomic E-state index is -0.654. The van der Waals surface area contributed by atoms with Gasteiger partial charge in [0.15, 0.2) is 0 Å². The zero-order valence-electron chi connectivity index (χ0n) is 18.8. The molecule has 2 aliphatic rings. The van der Waals surface area contributed by atoms with Crippen molar-refractivity contribution in [2.75, 3.05) is 26.1 Å². The van der Waals surface area contributed by atoms with E-state index < -0.39 is 5.66 Å². The third-order valence-corrected chi connectivity index (χ3v) is 6.22. The molecule has 0 aromatic heterocycles. The summed E-state index contributed by atoms with van der Waals surface area (Å²) in [6.07, 6.45) is 4.61. The van der Waals surface area contributed by atoms with Crippen LogP contribution in [0.4, 0.5) is 5.69 Å². The number of amides is 2. The molecule has 0 atom stereocenters. The number of ether oxygens (including phenoxy) is 2. The van der Waals surface area contributed by atoms with E-state index in [1.165, 1.54) is 0 Å². The van der Waals surface area contributed by atoms with Gasteiger partial charge in [0, 0.05) is 5.56 Å². The summed E-state index contributed by atoms with van der Waals surface area (Å²) in [6.45, 7) is 1.89. The van der Waals surface area contributed by atoms with Crippen LogP contribution in [0, 0.1) is 6.92 Å². The van der Waals surface area contributed by atoms with Crippen molar-refractivity contribution in [2.24, 2.45) is 4.99 Å². The second kappa shape index (κ2) is 9.02. The Morgan fingerprint density at radius 2 is 1.78 bits per heavy atom. The fraction of sp³-hybridized carbons (Fsp3) is 0.400. The van der Waals surface area contributed by atoms with Gasteiger partial charge in [0.1, 0.15) is 29.4 Å². The Morgan fingerprint density at radius 3 is 2.44 bits per heavy atom. The molecule has 2 aromatic rings. The van der Waals surface area contributed by atoms with Crippen LogP contribution in [0.15, 0.2) is 47.5 Å². The standard InChI is InChI=1S/C25H29N3O4/c1-17-7-12-21(32-3)20(15-17)26-22(29)16-28-24(30)23(18-8-10-19(31-2)11-9-18)27-25(28)13-5-4-6-14-25/h7-12,15H,4-6,13-14,16H2,1-3H3,(H,26,29). The lowest BCUT2D eigenvalue weighted by molar-refractivity contribution is -0.134. The Labute approximate surface area is 188 Å². The topological polar surface area (TPSA) is 80.2 Å². The first-order chi connectivity index (χ1) is 15.5. The lowest BCUT2D eigenvalue weighted by atomic mass is 9.88. The molecule has 168 valence electrons. The molecule has 0 unspecified atom stereocenters. The molecule has 1 saturated carbocycles. The maximum Gasteiger partial charge on any atom is 0.275 e. The first kappa shape index (κ1) is 21.9. The predicted molar refractivity (Wildman–Crippen MR) is 123 cm³/mol. The van der Waals surface area contributed by atoms with Crippen LogP contribution in [-0.4, -0.2) is 48.9 Å². The largest absolute Gasteiger partial charge is 0.497 e. The van der Waals surface area contributed by atoms with E-state index in [-0.39, 0.29) is 18.4 Å². The van der Waals surface area contributed by atoms with Gasteiger partial charge < -0.3 is 19.7 Å². The van der Waals surface area contributed by atoms with E-state index in [4.69, 9.17) is 14.5 Å². The number of aryl methyl sites for hydroxylation is 1. The van der Waals surface area contributed by atoms with Crippen molar-refractivity contribution in [1.82, 2.24) is 4.90 Å². The molecule has 1 aliphatic carbocycles. The third kappa shape index (κ3) is 4.20. The van der Waals surface area contributed by atoms with E-state index >= 15 is 0 Å². The highest BCUT2D eigenvalue weighted by Crippen LogP contribution is 2.39. The van der Waals surface area contributed by atoms with Gasteiger partial charge in [-0.2, -0.15) is 0 Å². The summed E-state index contributed by atoms with van der Waals surface area (Å²) in [4.78, 5) is 33.1. The van der Waals surface area contributed by atoms with Gasteiger partial charge in [0.2, 0.25) is 5.91 Å². The zero-order chi connectivity index (χ0) is 22.7. The predicted octanol–water partition coefficient (Wildman–Crippen LogP) is 3.94. The molecule has 2 amide bonds. The summed E-state index contributed by atoms with van der Waals surface area (Å²) in [7, 11) is 3.17. The maximum absolute atomic E-state index is 13.5. The van der Waals surface area contributed by atoms with Crippen LogP contribution in [0.5, 0.6) is 11.5 Å². The first-order valence-corrected chi connectivity index (χ1v) is 11.0. The minimum Gasteiger partial charge on any atom is -0.497 e. The average molecular weight is 436 g/mol. The number of hydrogen-bond acceptors (Lipinski definition) is 5. The molecule has 4 rings (SSSR count). The quantitative estimate of drug-likeness (QED) is 0.745. The van der Waals surface area contributed by atoms with E-state index in [2.05, 4.69) is 5.32 Å². The molecule has 1 fully saturated rings. The number of rotatable bonds is 6. The third-order valence-electron chi connectivity index (χ3n) is 6.22. The molecule has 2 aromatic carbocycles. The second-order valence-corrected chi connectivity index (χ2v) is 8.38. The van der Waals surface area contributed by atoms with Crippen molar-refractivity contribution >= 4 is 23.2 Å². The van der Waals surface area contributed by atoms with Gasteiger partial charge in [-0.15, -0.1) is 0 Å². The smallest absolute Gasteiger partial charge is 0.275 e. The Bertz CT molecular complexity index is 1040. The zero-order valence-corrected chi connectivity index (χ0v) is 18.8. The molecule has 1 heterocycles. The molecular formula is C25H29N3O4. The summed E-state index contributed by atoms with van der Waals surface area (Å²) in [6, 6.07) is 12.9. The number of nitrogens with zero attached hydrogens (tertiary/aromatic N) is 2. The van der Waals surface area contributed by atoms with Gasteiger partial charge in [-0.05, 0) is 74.6 Å². The first-order valence-electron chi connectivity index (χ1n) is 11.0.